The first kappa shape index (κ1) is 15.3. The molecule has 0 atom stereocenters. The zero-order valence-electron chi connectivity index (χ0n) is 11.6. The van der Waals surface area contributed by atoms with Gasteiger partial charge >= 0.3 is 0 Å². The first-order chi connectivity index (χ1) is 9.27. The molecule has 1 rings (SSSR count). The van der Waals surface area contributed by atoms with E-state index in [4.69, 9.17) is 9.47 Å². The summed E-state index contributed by atoms with van der Waals surface area (Å²) < 4.78 is 10.1. The van der Waals surface area contributed by atoms with Crippen LogP contribution in [0.1, 0.15) is 12.8 Å². The molecule has 5 heteroatoms. The minimum Gasteiger partial charge on any atom is -0.495 e. The largest absolute Gasteiger partial charge is 0.495 e. The molecule has 0 unspecified atom stereocenters. The van der Waals surface area contributed by atoms with E-state index in [1.807, 2.05) is 24.3 Å². The summed E-state index contributed by atoms with van der Waals surface area (Å²) in [5.74, 6) is 0.821. The van der Waals surface area contributed by atoms with Crippen molar-refractivity contribution in [1.82, 2.24) is 5.32 Å². The molecule has 0 bridgehead atoms. The Kier molecular flexibility index (Phi) is 7.43. The molecule has 0 spiro atoms. The van der Waals surface area contributed by atoms with Gasteiger partial charge in [0.1, 0.15) is 5.75 Å². The number of carbonyl (C=O) groups excluding carboxylic acids is 1. The van der Waals surface area contributed by atoms with Crippen molar-refractivity contribution in [1.29, 1.82) is 0 Å². The lowest BCUT2D eigenvalue weighted by Gasteiger charge is -2.10. The third-order valence-electron chi connectivity index (χ3n) is 2.62. The van der Waals surface area contributed by atoms with E-state index in [-0.39, 0.29) is 5.91 Å². The minimum atomic E-state index is 0.0403. The van der Waals surface area contributed by atoms with Crippen molar-refractivity contribution < 1.29 is 14.3 Å². The zero-order valence-corrected chi connectivity index (χ0v) is 11.6. The highest BCUT2D eigenvalue weighted by atomic mass is 16.5. The quantitative estimate of drug-likeness (QED) is 0.667. The van der Waals surface area contributed by atoms with Gasteiger partial charge in [-0.05, 0) is 18.6 Å². The molecule has 2 N–H and O–H groups in total. The maximum Gasteiger partial charge on any atom is 0.221 e. The number of rotatable bonds is 9. The summed E-state index contributed by atoms with van der Waals surface area (Å²) in [6.45, 7) is 1.90. The lowest BCUT2D eigenvalue weighted by Crippen LogP contribution is -2.26. The molecular formula is C14H22N2O3. The number of hydrogen-bond acceptors (Lipinski definition) is 4. The number of ether oxygens (including phenoxy) is 2. The monoisotopic (exact) mass is 266 g/mol. The number of para-hydroxylation sites is 2. The predicted octanol–water partition coefficient (Wildman–Crippen LogP) is 1.65. The van der Waals surface area contributed by atoms with Crippen LogP contribution in [-0.4, -0.2) is 39.8 Å². The molecule has 1 amide bonds. The van der Waals surface area contributed by atoms with Crippen LogP contribution in [0.2, 0.25) is 0 Å². The Morgan fingerprint density at radius 1 is 1.21 bits per heavy atom. The van der Waals surface area contributed by atoms with Crippen molar-refractivity contribution in [2.45, 2.75) is 12.8 Å². The van der Waals surface area contributed by atoms with Gasteiger partial charge in [-0.15, -0.1) is 0 Å². The molecule has 0 aliphatic rings. The Hall–Kier alpha value is -1.75. The van der Waals surface area contributed by atoms with E-state index in [0.29, 0.717) is 26.1 Å². The molecule has 0 aliphatic heterocycles. The topological polar surface area (TPSA) is 59.6 Å². The SMILES string of the molecule is COCCCNC(=O)CCNc1ccccc1OC. The standard InChI is InChI=1S/C14H22N2O3/c1-18-11-5-9-16-14(17)8-10-15-12-6-3-4-7-13(12)19-2/h3-4,6-7,15H,5,8-11H2,1-2H3,(H,16,17). The molecule has 0 fully saturated rings. The van der Waals surface area contributed by atoms with E-state index < -0.39 is 0 Å². The summed E-state index contributed by atoms with van der Waals surface area (Å²) in [4.78, 5) is 11.5. The molecular weight excluding hydrogens is 244 g/mol. The van der Waals surface area contributed by atoms with Gasteiger partial charge in [0, 0.05) is 33.2 Å². The van der Waals surface area contributed by atoms with Gasteiger partial charge in [-0.2, -0.15) is 0 Å². The maximum absolute atomic E-state index is 11.5. The summed E-state index contributed by atoms with van der Waals surface area (Å²) in [6, 6.07) is 7.64. The van der Waals surface area contributed by atoms with Crippen molar-refractivity contribution in [3.63, 3.8) is 0 Å². The van der Waals surface area contributed by atoms with E-state index in [2.05, 4.69) is 10.6 Å². The van der Waals surface area contributed by atoms with Gasteiger partial charge < -0.3 is 20.1 Å². The number of methoxy groups -OCH3 is 2. The highest BCUT2D eigenvalue weighted by molar-refractivity contribution is 5.76. The third kappa shape index (κ3) is 6.10. The van der Waals surface area contributed by atoms with Crippen LogP contribution in [0.5, 0.6) is 5.75 Å². The van der Waals surface area contributed by atoms with Gasteiger partial charge in [0.05, 0.1) is 12.8 Å². The van der Waals surface area contributed by atoms with Crippen LogP contribution in [0.25, 0.3) is 0 Å². The Labute approximate surface area is 114 Å². The molecule has 0 saturated carbocycles. The summed E-state index contributed by atoms with van der Waals surface area (Å²) in [6.07, 6.45) is 1.27. The van der Waals surface area contributed by atoms with Gasteiger partial charge in [-0.3, -0.25) is 4.79 Å². The number of benzene rings is 1. The van der Waals surface area contributed by atoms with E-state index >= 15 is 0 Å². The molecule has 0 heterocycles. The fourth-order valence-corrected chi connectivity index (χ4v) is 1.63. The number of hydrogen-bond donors (Lipinski definition) is 2. The van der Waals surface area contributed by atoms with E-state index in [1.54, 1.807) is 14.2 Å². The van der Waals surface area contributed by atoms with Crippen molar-refractivity contribution >= 4 is 11.6 Å². The Morgan fingerprint density at radius 3 is 2.74 bits per heavy atom. The van der Waals surface area contributed by atoms with Crippen molar-refractivity contribution in [3.8, 4) is 5.75 Å². The summed E-state index contributed by atoms with van der Waals surface area (Å²) >= 11 is 0. The Morgan fingerprint density at radius 2 is 2.00 bits per heavy atom. The van der Waals surface area contributed by atoms with Crippen LogP contribution >= 0.6 is 0 Å². The summed E-state index contributed by atoms with van der Waals surface area (Å²) in [5.41, 5.74) is 0.900. The Bertz CT molecular complexity index is 383. The van der Waals surface area contributed by atoms with Gasteiger partial charge in [0.25, 0.3) is 0 Å². The second kappa shape index (κ2) is 9.22. The van der Waals surface area contributed by atoms with Crippen LogP contribution in [0.3, 0.4) is 0 Å². The minimum absolute atomic E-state index is 0.0403. The first-order valence-electron chi connectivity index (χ1n) is 6.40. The van der Waals surface area contributed by atoms with Crippen LogP contribution in [-0.2, 0) is 9.53 Å². The maximum atomic E-state index is 11.5. The van der Waals surface area contributed by atoms with Gasteiger partial charge in [-0.1, -0.05) is 12.1 Å². The lowest BCUT2D eigenvalue weighted by molar-refractivity contribution is -0.120. The van der Waals surface area contributed by atoms with Crippen molar-refractivity contribution in [3.05, 3.63) is 24.3 Å². The molecule has 1 aromatic rings. The van der Waals surface area contributed by atoms with E-state index in [9.17, 15) is 4.79 Å². The predicted molar refractivity (Wildman–Crippen MR) is 75.6 cm³/mol. The molecule has 0 aromatic heterocycles. The Balaban J connectivity index is 2.20. The van der Waals surface area contributed by atoms with Crippen LogP contribution in [0.15, 0.2) is 24.3 Å². The van der Waals surface area contributed by atoms with Crippen molar-refractivity contribution in [2.24, 2.45) is 0 Å². The summed E-state index contributed by atoms with van der Waals surface area (Å²) in [7, 11) is 3.28. The number of anilines is 1. The van der Waals surface area contributed by atoms with Gasteiger partial charge in [0.2, 0.25) is 5.91 Å². The first-order valence-corrected chi connectivity index (χ1v) is 6.40. The lowest BCUT2D eigenvalue weighted by atomic mass is 10.3. The average molecular weight is 266 g/mol. The summed E-state index contributed by atoms with van der Waals surface area (Å²) in [5, 5.41) is 6.03. The van der Waals surface area contributed by atoms with E-state index in [1.165, 1.54) is 0 Å². The zero-order chi connectivity index (χ0) is 13.9. The van der Waals surface area contributed by atoms with Crippen molar-refractivity contribution in [2.75, 3.05) is 39.2 Å². The molecule has 19 heavy (non-hydrogen) atoms. The van der Waals surface area contributed by atoms with E-state index in [0.717, 1.165) is 17.9 Å². The van der Waals surface area contributed by atoms with Crippen LogP contribution in [0.4, 0.5) is 5.69 Å². The number of nitrogens with one attached hydrogen (secondary N) is 2. The number of carbonyl (C=O) groups is 1. The fourth-order valence-electron chi connectivity index (χ4n) is 1.63. The molecule has 0 aliphatic carbocycles. The molecule has 5 nitrogen and oxygen atoms in total. The average Bonchev–Trinajstić information content (AvgIpc) is 2.44. The molecule has 0 radical (unpaired) electrons. The smallest absolute Gasteiger partial charge is 0.221 e. The second-order valence-corrected chi connectivity index (χ2v) is 4.07. The van der Waals surface area contributed by atoms with Crippen LogP contribution in [0, 0.1) is 0 Å². The highest BCUT2D eigenvalue weighted by Gasteiger charge is 2.03. The molecule has 106 valence electrons. The van der Waals surface area contributed by atoms with Crippen LogP contribution < -0.4 is 15.4 Å². The molecule has 1 aromatic carbocycles. The normalized spacial score (nSPS) is 10.0. The van der Waals surface area contributed by atoms with Gasteiger partial charge in [-0.25, -0.2) is 0 Å². The third-order valence-corrected chi connectivity index (χ3v) is 2.62. The fraction of sp³-hybridized carbons (Fsp3) is 0.500. The second-order valence-electron chi connectivity index (χ2n) is 4.07. The highest BCUT2D eigenvalue weighted by Crippen LogP contribution is 2.22. The molecule has 0 saturated heterocycles. The van der Waals surface area contributed by atoms with Gasteiger partial charge in [0.15, 0.2) is 0 Å². The number of amides is 1.